The van der Waals surface area contributed by atoms with E-state index in [9.17, 15) is 18.0 Å². The van der Waals surface area contributed by atoms with Crippen molar-refractivity contribution in [2.75, 3.05) is 31.5 Å². The van der Waals surface area contributed by atoms with Crippen LogP contribution in [0, 0.1) is 0 Å². The maximum absolute atomic E-state index is 12.7. The van der Waals surface area contributed by atoms with Gasteiger partial charge in [-0.25, -0.2) is 4.79 Å². The summed E-state index contributed by atoms with van der Waals surface area (Å²) in [5.41, 5.74) is 4.52. The summed E-state index contributed by atoms with van der Waals surface area (Å²) in [5, 5.41) is 2.85. The van der Waals surface area contributed by atoms with E-state index in [1.165, 1.54) is 24.3 Å². The van der Waals surface area contributed by atoms with Gasteiger partial charge in [0.15, 0.2) is 0 Å². The third kappa shape index (κ3) is 8.48. The molecule has 0 aliphatic carbocycles. The number of carbonyl (C=O) groups excluding carboxylic acids is 1. The Bertz CT molecular complexity index is 777. The number of benzene rings is 1. The van der Waals surface area contributed by atoms with Gasteiger partial charge in [0.1, 0.15) is 5.75 Å². The molecule has 1 aromatic rings. The number of hydrogen-bond acceptors (Lipinski definition) is 3. The average Bonchev–Trinajstić information content (AvgIpc) is 3.14. The Morgan fingerprint density at radius 2 is 2.10 bits per heavy atom. The third-order valence-electron chi connectivity index (χ3n) is 5.14. The fraction of sp³-hybridized carbons (Fsp3) is 0.545. The van der Waals surface area contributed by atoms with Gasteiger partial charge in [-0.15, -0.1) is 30.5 Å². The Balaban J connectivity index is 1.90. The molecule has 1 aliphatic rings. The van der Waals surface area contributed by atoms with E-state index in [0.717, 1.165) is 44.5 Å². The summed E-state index contributed by atoms with van der Waals surface area (Å²) < 4.78 is 40.7. The van der Waals surface area contributed by atoms with Crippen LogP contribution in [0.4, 0.5) is 23.7 Å². The number of likely N-dealkylation sites (tertiary alicyclic amines) is 1. The van der Waals surface area contributed by atoms with Gasteiger partial charge in [-0.3, -0.25) is 4.90 Å². The molecule has 0 bridgehead atoms. The van der Waals surface area contributed by atoms with Crippen LogP contribution < -0.4 is 10.1 Å². The van der Waals surface area contributed by atoms with Crippen molar-refractivity contribution in [2.45, 2.75) is 50.9 Å². The molecule has 9 heteroatoms. The molecule has 31 heavy (non-hydrogen) atoms. The lowest BCUT2D eigenvalue weighted by Crippen LogP contribution is -2.44. The van der Waals surface area contributed by atoms with Gasteiger partial charge < -0.3 is 15.0 Å². The van der Waals surface area contributed by atoms with Crippen LogP contribution in [0.1, 0.15) is 33.1 Å². The minimum Gasteiger partial charge on any atom is -0.406 e. The van der Waals surface area contributed by atoms with E-state index in [2.05, 4.69) is 27.3 Å². The lowest BCUT2D eigenvalue weighted by molar-refractivity contribution is -0.274. The highest BCUT2D eigenvalue weighted by Crippen LogP contribution is 2.25. The van der Waals surface area contributed by atoms with Gasteiger partial charge in [0.05, 0.1) is 0 Å². The van der Waals surface area contributed by atoms with E-state index in [-0.39, 0.29) is 23.2 Å². The molecule has 0 radical (unpaired) electrons. The van der Waals surface area contributed by atoms with Gasteiger partial charge in [0.25, 0.3) is 0 Å². The van der Waals surface area contributed by atoms with Crippen molar-refractivity contribution in [2.24, 2.45) is 0 Å². The minimum absolute atomic E-state index is 0.0517. The highest BCUT2D eigenvalue weighted by molar-refractivity contribution is 6.20. The number of rotatable bonds is 9. The first-order valence-corrected chi connectivity index (χ1v) is 10.7. The number of nitrogens with one attached hydrogen (secondary N) is 1. The van der Waals surface area contributed by atoms with Gasteiger partial charge in [-0.1, -0.05) is 6.58 Å². The van der Waals surface area contributed by atoms with Crippen LogP contribution in [0.2, 0.25) is 0 Å². The van der Waals surface area contributed by atoms with Crippen LogP contribution in [-0.4, -0.2) is 59.8 Å². The summed E-state index contributed by atoms with van der Waals surface area (Å²) in [6, 6.07) is 4.87. The molecule has 1 aliphatic heterocycles. The molecule has 1 fully saturated rings. The predicted molar refractivity (Wildman–Crippen MR) is 117 cm³/mol. The van der Waals surface area contributed by atoms with Gasteiger partial charge in [-0.05, 0) is 62.9 Å². The summed E-state index contributed by atoms with van der Waals surface area (Å²) in [6.07, 6.45) is -2.19. The van der Waals surface area contributed by atoms with E-state index in [0.29, 0.717) is 12.2 Å². The summed E-state index contributed by atoms with van der Waals surface area (Å²) in [7, 11) is 0. The first-order valence-electron chi connectivity index (χ1n) is 10.3. The Morgan fingerprint density at radius 1 is 1.42 bits per heavy atom. The first-order chi connectivity index (χ1) is 14.6. The number of ether oxygens (including phenoxy) is 1. The van der Waals surface area contributed by atoms with Gasteiger partial charge >= 0.3 is 12.4 Å². The normalized spacial score (nSPS) is 17.7. The Morgan fingerprint density at radius 3 is 2.65 bits per heavy atom. The molecule has 1 N–H and O–H groups in total. The number of carbonyl (C=O) groups is 1. The molecule has 0 spiro atoms. The van der Waals surface area contributed by atoms with Crippen LogP contribution in [-0.2, 0) is 0 Å². The summed E-state index contributed by atoms with van der Waals surface area (Å²) in [4.78, 5) is 16.8. The summed E-state index contributed by atoms with van der Waals surface area (Å²) >= 11 is 6.03. The number of halogens is 4. The zero-order chi connectivity index (χ0) is 23.0. The molecule has 5 nitrogen and oxygen atoms in total. The maximum Gasteiger partial charge on any atom is 0.573 e. The minimum atomic E-state index is -4.75. The number of hydrogen-bond donors (Lipinski definition) is 1. The number of anilines is 1. The summed E-state index contributed by atoms with van der Waals surface area (Å²) in [6.45, 7) is 10.5. The van der Waals surface area contributed by atoms with E-state index in [4.69, 9.17) is 11.6 Å². The van der Waals surface area contributed by atoms with Gasteiger partial charge in [-0.2, -0.15) is 0 Å². The quantitative estimate of drug-likeness (QED) is 0.384. The topological polar surface area (TPSA) is 44.8 Å². The second-order valence-corrected chi connectivity index (χ2v) is 8.31. The third-order valence-corrected chi connectivity index (χ3v) is 5.36. The second kappa shape index (κ2) is 11.5. The standard InChI is InChI=1S/C22H29ClF3N3O2/c1-4-17(7-6-16(3)23)14-28-13-12-19(15-28)29(5-2)21(30)27-18-8-10-20(11-9-18)31-22(24,25)26/h8-11,16,19H,1,5-7,12-15H2,2-3H3,(H,27,30). The monoisotopic (exact) mass is 459 g/mol. The first kappa shape index (κ1) is 25.1. The fourth-order valence-electron chi connectivity index (χ4n) is 3.58. The largest absolute Gasteiger partial charge is 0.573 e. The van der Waals surface area contributed by atoms with Crippen molar-refractivity contribution < 1.29 is 22.7 Å². The molecule has 1 saturated heterocycles. The average molecular weight is 460 g/mol. The van der Waals surface area contributed by atoms with Crippen molar-refractivity contribution in [3.05, 3.63) is 42.1 Å². The highest BCUT2D eigenvalue weighted by Gasteiger charge is 2.32. The molecule has 1 heterocycles. The smallest absolute Gasteiger partial charge is 0.406 e. The molecular weight excluding hydrogens is 431 g/mol. The van der Waals surface area contributed by atoms with Crippen molar-refractivity contribution in [1.29, 1.82) is 0 Å². The number of likely N-dealkylation sites (N-methyl/N-ethyl adjacent to an activating group) is 1. The zero-order valence-corrected chi connectivity index (χ0v) is 18.6. The number of alkyl halides is 4. The molecule has 2 amide bonds. The van der Waals surface area contributed by atoms with Crippen LogP contribution >= 0.6 is 11.6 Å². The predicted octanol–water partition coefficient (Wildman–Crippen LogP) is 5.63. The van der Waals surface area contributed by atoms with E-state index in [1.54, 1.807) is 4.90 Å². The zero-order valence-electron chi connectivity index (χ0n) is 17.8. The lowest BCUT2D eigenvalue weighted by atomic mass is 10.1. The number of amides is 2. The van der Waals surface area contributed by atoms with Crippen molar-refractivity contribution in [3.63, 3.8) is 0 Å². The van der Waals surface area contributed by atoms with Crippen molar-refractivity contribution in [1.82, 2.24) is 9.80 Å². The van der Waals surface area contributed by atoms with Crippen LogP contribution in [0.3, 0.4) is 0 Å². The molecule has 2 unspecified atom stereocenters. The highest BCUT2D eigenvalue weighted by atomic mass is 35.5. The second-order valence-electron chi connectivity index (χ2n) is 7.57. The lowest BCUT2D eigenvalue weighted by Gasteiger charge is -2.28. The van der Waals surface area contributed by atoms with Crippen LogP contribution in [0.5, 0.6) is 5.75 Å². The van der Waals surface area contributed by atoms with E-state index < -0.39 is 6.36 Å². The SMILES string of the molecule is C=C=C(CCC(C)Cl)CN1CCC(N(CC)C(=O)Nc2ccc(OC(F)(F)F)cc2)C1. The Labute approximate surface area is 186 Å². The Hall–Kier alpha value is -2.15. The van der Waals surface area contributed by atoms with Crippen molar-refractivity contribution in [3.8, 4) is 5.75 Å². The van der Waals surface area contributed by atoms with Gasteiger partial charge in [0, 0.05) is 43.3 Å². The molecule has 1 aromatic carbocycles. The molecule has 2 atom stereocenters. The fourth-order valence-corrected chi connectivity index (χ4v) is 3.69. The van der Waals surface area contributed by atoms with Crippen molar-refractivity contribution >= 4 is 23.3 Å². The molecular formula is C22H29ClF3N3O2. The Kier molecular flexibility index (Phi) is 9.29. The molecule has 2 rings (SSSR count). The summed E-state index contributed by atoms with van der Waals surface area (Å²) in [5.74, 6) is -0.334. The van der Waals surface area contributed by atoms with Gasteiger partial charge in [0.2, 0.25) is 0 Å². The van der Waals surface area contributed by atoms with E-state index >= 15 is 0 Å². The number of nitrogens with zero attached hydrogens (tertiary/aromatic N) is 2. The van der Waals surface area contributed by atoms with E-state index in [1.807, 2.05) is 13.8 Å². The molecule has 172 valence electrons. The molecule has 0 aromatic heterocycles. The maximum atomic E-state index is 12.7. The molecule has 0 saturated carbocycles. The van der Waals surface area contributed by atoms with Crippen LogP contribution in [0.15, 0.2) is 42.1 Å². The number of urea groups is 1. The van der Waals surface area contributed by atoms with Crippen LogP contribution in [0.25, 0.3) is 0 Å².